The summed E-state index contributed by atoms with van der Waals surface area (Å²) in [6, 6.07) is -1.58. The van der Waals surface area contributed by atoms with Crippen LogP contribution in [0, 0.1) is 0 Å². The summed E-state index contributed by atoms with van der Waals surface area (Å²) in [5, 5.41) is 97.9. The molecule has 18 unspecified atom stereocenters. The zero-order valence-corrected chi connectivity index (χ0v) is 29.6. The lowest BCUT2D eigenvalue weighted by atomic mass is 9.94. The molecule has 10 N–H and O–H groups in total. The molecule has 306 valence electrons. The van der Waals surface area contributed by atoms with Gasteiger partial charge in [-0.25, -0.2) is 4.79 Å². The molecular formula is C31H51NO21. The van der Waals surface area contributed by atoms with Gasteiger partial charge in [0.25, 0.3) is 0 Å². The fourth-order valence-corrected chi connectivity index (χ4v) is 6.49. The number of aliphatic carboxylic acids is 1. The minimum atomic E-state index is -2.16. The molecule has 4 aliphatic heterocycles. The molecule has 0 aromatic carbocycles. The average molecular weight is 774 g/mol. The second kappa shape index (κ2) is 18.6. The highest BCUT2D eigenvalue weighted by atomic mass is 16.8. The van der Waals surface area contributed by atoms with Gasteiger partial charge in [0.2, 0.25) is 5.91 Å². The van der Waals surface area contributed by atoms with E-state index in [0.717, 1.165) is 13.8 Å². The Kier molecular flexibility index (Phi) is 15.3. The Hall–Kier alpha value is -2.23. The van der Waals surface area contributed by atoms with E-state index in [2.05, 4.69) is 5.32 Å². The van der Waals surface area contributed by atoms with Crippen LogP contribution in [0.3, 0.4) is 0 Å². The first-order valence-corrected chi connectivity index (χ1v) is 17.2. The van der Waals surface area contributed by atoms with Gasteiger partial charge in [-0.3, -0.25) is 9.59 Å². The predicted octanol–water partition coefficient (Wildman–Crippen LogP) is -5.45. The van der Waals surface area contributed by atoms with Crippen molar-refractivity contribution in [2.24, 2.45) is 0 Å². The molecule has 0 aromatic rings. The van der Waals surface area contributed by atoms with Crippen LogP contribution in [-0.4, -0.2) is 200 Å². The summed E-state index contributed by atoms with van der Waals surface area (Å²) in [5.41, 5.74) is 0. The summed E-state index contributed by atoms with van der Waals surface area (Å²) < 4.78 is 50.9. The average Bonchev–Trinajstić information content (AvgIpc) is 3.09. The molecule has 1 amide bonds. The van der Waals surface area contributed by atoms with Crippen LogP contribution in [-0.2, 0) is 57.0 Å². The van der Waals surface area contributed by atoms with Crippen molar-refractivity contribution in [3.05, 3.63) is 0 Å². The topological polar surface area (TPSA) is 328 Å². The molecular weight excluding hydrogens is 722 g/mol. The third-order valence-corrected chi connectivity index (χ3v) is 9.23. The molecule has 0 saturated carbocycles. The molecule has 0 aliphatic carbocycles. The number of aliphatic hydroxyl groups excluding tert-OH is 8. The zero-order chi connectivity index (χ0) is 39.5. The normalized spacial score (nSPS) is 46.4. The molecule has 0 aromatic heterocycles. The fourth-order valence-electron chi connectivity index (χ4n) is 6.49. The molecule has 4 saturated heterocycles. The SMILES string of the molecule is CCCOC1OC(C)C(OC(C)=O)C(O)C1OC1OC(CO)C(O)C(OC2OC(C(=O)O)C(O[C@@H]3O[C@@H](C)C(O)C(O)C3O)C(O)C2O)C1NC(C)=O. The van der Waals surface area contributed by atoms with E-state index in [1.165, 1.54) is 13.8 Å². The van der Waals surface area contributed by atoms with Gasteiger partial charge in [-0.2, -0.15) is 0 Å². The van der Waals surface area contributed by atoms with Crippen LogP contribution in [0.15, 0.2) is 0 Å². The van der Waals surface area contributed by atoms with Crippen LogP contribution >= 0.6 is 0 Å². The highest BCUT2D eigenvalue weighted by Crippen LogP contribution is 2.35. The summed E-state index contributed by atoms with van der Waals surface area (Å²) in [7, 11) is 0. The first-order chi connectivity index (χ1) is 24.9. The number of hydrogen-bond donors (Lipinski definition) is 10. The van der Waals surface area contributed by atoms with Crippen molar-refractivity contribution in [1.29, 1.82) is 0 Å². The van der Waals surface area contributed by atoms with Gasteiger partial charge in [-0.1, -0.05) is 6.92 Å². The minimum absolute atomic E-state index is 0.134. The van der Waals surface area contributed by atoms with E-state index in [9.17, 15) is 60.3 Å². The number of esters is 1. The van der Waals surface area contributed by atoms with Crippen molar-refractivity contribution in [3.63, 3.8) is 0 Å². The van der Waals surface area contributed by atoms with Crippen molar-refractivity contribution < 1.29 is 103 Å². The molecule has 0 bridgehead atoms. The molecule has 0 radical (unpaired) electrons. The van der Waals surface area contributed by atoms with E-state index in [0.29, 0.717) is 6.42 Å². The largest absolute Gasteiger partial charge is 0.479 e. The number of ether oxygens (including phenoxy) is 9. The lowest BCUT2D eigenvalue weighted by molar-refractivity contribution is -0.376. The molecule has 22 heteroatoms. The van der Waals surface area contributed by atoms with E-state index in [1.807, 2.05) is 0 Å². The number of hydrogen-bond acceptors (Lipinski definition) is 20. The Labute approximate surface area is 303 Å². The van der Waals surface area contributed by atoms with Crippen LogP contribution in [0.5, 0.6) is 0 Å². The monoisotopic (exact) mass is 773 g/mol. The number of carboxylic acid groups (broad SMARTS) is 1. The number of rotatable bonds is 13. The molecule has 53 heavy (non-hydrogen) atoms. The van der Waals surface area contributed by atoms with Crippen molar-refractivity contribution in [1.82, 2.24) is 5.32 Å². The van der Waals surface area contributed by atoms with E-state index in [-0.39, 0.29) is 6.61 Å². The third kappa shape index (κ3) is 9.78. The lowest BCUT2D eigenvalue weighted by Gasteiger charge is -2.50. The molecule has 4 heterocycles. The lowest BCUT2D eigenvalue weighted by Crippen LogP contribution is -2.70. The first-order valence-electron chi connectivity index (χ1n) is 17.2. The third-order valence-electron chi connectivity index (χ3n) is 9.23. The summed E-state index contributed by atoms with van der Waals surface area (Å²) in [5.74, 6) is -3.24. The van der Waals surface area contributed by atoms with Crippen LogP contribution in [0.25, 0.3) is 0 Å². The summed E-state index contributed by atoms with van der Waals surface area (Å²) >= 11 is 0. The van der Waals surface area contributed by atoms with Crippen LogP contribution < -0.4 is 5.32 Å². The predicted molar refractivity (Wildman–Crippen MR) is 167 cm³/mol. The Morgan fingerprint density at radius 2 is 1.23 bits per heavy atom. The van der Waals surface area contributed by atoms with Gasteiger partial charge in [0, 0.05) is 20.5 Å². The highest BCUT2D eigenvalue weighted by molar-refractivity contribution is 5.74. The van der Waals surface area contributed by atoms with Gasteiger partial charge in [0.15, 0.2) is 37.4 Å². The number of carboxylic acids is 1. The van der Waals surface area contributed by atoms with Crippen LogP contribution in [0.4, 0.5) is 0 Å². The highest BCUT2D eigenvalue weighted by Gasteiger charge is 2.57. The number of nitrogens with one attached hydrogen (secondary N) is 1. The Morgan fingerprint density at radius 1 is 0.642 bits per heavy atom. The molecule has 4 fully saturated rings. The minimum Gasteiger partial charge on any atom is -0.479 e. The van der Waals surface area contributed by atoms with Crippen molar-refractivity contribution in [2.45, 2.75) is 164 Å². The van der Waals surface area contributed by atoms with E-state index >= 15 is 0 Å². The first kappa shape index (κ1) is 43.5. The van der Waals surface area contributed by atoms with Crippen molar-refractivity contribution >= 4 is 17.8 Å². The number of carbonyl (C=O) groups excluding carboxylic acids is 2. The van der Waals surface area contributed by atoms with Crippen LogP contribution in [0.1, 0.15) is 41.0 Å². The molecule has 22 nitrogen and oxygen atoms in total. The van der Waals surface area contributed by atoms with Crippen molar-refractivity contribution in [2.75, 3.05) is 13.2 Å². The van der Waals surface area contributed by atoms with E-state index in [4.69, 9.17) is 42.6 Å². The maximum Gasteiger partial charge on any atom is 0.335 e. The number of carbonyl (C=O) groups is 3. The van der Waals surface area contributed by atoms with Gasteiger partial charge in [0.05, 0.1) is 18.8 Å². The smallest absolute Gasteiger partial charge is 0.335 e. The quantitative estimate of drug-likeness (QED) is 0.0781. The number of aliphatic hydroxyl groups is 8. The second-order valence-corrected chi connectivity index (χ2v) is 13.3. The van der Waals surface area contributed by atoms with Gasteiger partial charge >= 0.3 is 11.9 Å². The second-order valence-electron chi connectivity index (χ2n) is 13.3. The molecule has 20 atom stereocenters. The Bertz CT molecular complexity index is 1230. The van der Waals surface area contributed by atoms with Gasteiger partial charge in [-0.05, 0) is 20.3 Å². The van der Waals surface area contributed by atoms with Gasteiger partial charge in [-0.15, -0.1) is 0 Å². The van der Waals surface area contributed by atoms with E-state index < -0.39 is 147 Å². The fraction of sp³-hybridized carbons (Fsp3) is 0.903. The van der Waals surface area contributed by atoms with Gasteiger partial charge in [0.1, 0.15) is 73.2 Å². The zero-order valence-electron chi connectivity index (χ0n) is 29.6. The van der Waals surface area contributed by atoms with Gasteiger partial charge < -0.3 is 93.9 Å². The maximum absolute atomic E-state index is 12.5. The standard InChI is InChI=1S/C31H51NO21/c1-6-7-45-31-25(21(42)22(10(3)47-31)48-12(5)35)52-28-14(32-11(4)34)23(16(37)13(8-33)49-28)50-30-20(41)18(39)24(26(53-30)27(43)44)51-29-19(40)17(38)15(36)9(2)46-29/h9-10,13-26,28-31,33,36-42H,6-8H2,1-5H3,(H,32,34)(H,43,44)/t9-,10?,13?,14?,15?,16?,17?,18?,19?,20?,21?,22?,23?,24?,25?,26?,28?,29-,30?,31?/m0/s1. The molecule has 4 rings (SSSR count). The Balaban J connectivity index is 1.61. The molecule has 0 spiro atoms. The van der Waals surface area contributed by atoms with Crippen molar-refractivity contribution in [3.8, 4) is 0 Å². The summed E-state index contributed by atoms with van der Waals surface area (Å²) in [6.07, 6.45) is -31.6. The Morgan fingerprint density at radius 3 is 1.81 bits per heavy atom. The van der Waals surface area contributed by atoms with Crippen LogP contribution in [0.2, 0.25) is 0 Å². The molecule has 4 aliphatic rings. The summed E-state index contributed by atoms with van der Waals surface area (Å²) in [4.78, 5) is 36.6. The maximum atomic E-state index is 12.5. The number of amides is 1. The summed E-state index contributed by atoms with van der Waals surface area (Å²) in [6.45, 7) is 6.11. The van der Waals surface area contributed by atoms with E-state index in [1.54, 1.807) is 6.92 Å².